The van der Waals surface area contributed by atoms with Gasteiger partial charge in [0.05, 0.1) is 12.5 Å². The van der Waals surface area contributed by atoms with Crippen LogP contribution in [0.2, 0.25) is 0 Å². The molecule has 0 aromatic heterocycles. The van der Waals surface area contributed by atoms with Gasteiger partial charge in [-0.2, -0.15) is 0 Å². The molecule has 0 heterocycles. The van der Waals surface area contributed by atoms with Crippen LogP contribution in [-0.2, 0) is 20.7 Å². The van der Waals surface area contributed by atoms with Crippen LogP contribution < -0.4 is 0 Å². The number of carbonyl (C=O) groups is 2. The van der Waals surface area contributed by atoms with Crippen molar-refractivity contribution < 1.29 is 14.3 Å². The highest BCUT2D eigenvalue weighted by Crippen LogP contribution is 2.55. The van der Waals surface area contributed by atoms with E-state index >= 15 is 0 Å². The minimum Gasteiger partial charge on any atom is -0.465 e. The molecule has 1 aromatic carbocycles. The molecule has 0 N–H and O–H groups in total. The number of rotatable bonds is 5. The molecule has 0 amide bonds. The SMILES string of the molecule is O=C1CC[C@H]2[C@@H]1[C@@H]2C(=O)OCCCc1ccccc1. The van der Waals surface area contributed by atoms with E-state index in [-0.39, 0.29) is 23.6 Å². The third-order valence-corrected chi connectivity index (χ3v) is 4.23. The van der Waals surface area contributed by atoms with E-state index in [9.17, 15) is 9.59 Å². The smallest absolute Gasteiger partial charge is 0.309 e. The van der Waals surface area contributed by atoms with Gasteiger partial charge in [-0.3, -0.25) is 9.59 Å². The lowest BCUT2D eigenvalue weighted by atomic mass is 10.1. The Bertz CT molecular complexity index is 480. The first-order valence-electron chi connectivity index (χ1n) is 7.00. The zero-order chi connectivity index (χ0) is 13.2. The highest BCUT2D eigenvalue weighted by molar-refractivity contribution is 5.94. The average molecular weight is 258 g/mol. The summed E-state index contributed by atoms with van der Waals surface area (Å²) < 4.78 is 5.28. The molecule has 0 aliphatic heterocycles. The van der Waals surface area contributed by atoms with Gasteiger partial charge in [-0.1, -0.05) is 30.3 Å². The van der Waals surface area contributed by atoms with E-state index < -0.39 is 0 Å². The summed E-state index contributed by atoms with van der Waals surface area (Å²) in [7, 11) is 0. The summed E-state index contributed by atoms with van der Waals surface area (Å²) in [6.07, 6.45) is 3.30. The van der Waals surface area contributed by atoms with E-state index in [4.69, 9.17) is 4.74 Å². The average Bonchev–Trinajstić information content (AvgIpc) is 3.06. The molecule has 3 heteroatoms. The van der Waals surface area contributed by atoms with Gasteiger partial charge in [0, 0.05) is 12.3 Å². The first-order valence-corrected chi connectivity index (χ1v) is 7.00. The molecule has 3 rings (SSSR count). The quantitative estimate of drug-likeness (QED) is 0.601. The number of Topliss-reactive ketones (excluding diaryl/α,β-unsaturated/α-hetero) is 1. The number of ether oxygens (including phenoxy) is 1. The Hall–Kier alpha value is -1.64. The van der Waals surface area contributed by atoms with Crippen LogP contribution in [0.15, 0.2) is 30.3 Å². The van der Waals surface area contributed by atoms with Crippen molar-refractivity contribution in [3.63, 3.8) is 0 Å². The Morgan fingerprint density at radius 1 is 1.26 bits per heavy atom. The summed E-state index contributed by atoms with van der Waals surface area (Å²) in [5, 5.41) is 0. The maximum atomic E-state index is 11.8. The van der Waals surface area contributed by atoms with Crippen LogP contribution in [0.1, 0.15) is 24.8 Å². The standard InChI is InChI=1S/C16H18O3/c17-13-9-8-12-14(13)15(12)16(18)19-10-4-7-11-5-2-1-3-6-11/h1-3,5-6,12,14-15H,4,7-10H2/t12-,14-,15+/m0/s1. The second-order valence-electron chi connectivity index (χ2n) is 5.48. The summed E-state index contributed by atoms with van der Waals surface area (Å²) in [5.41, 5.74) is 1.26. The van der Waals surface area contributed by atoms with Gasteiger partial charge in [-0.05, 0) is 30.7 Å². The van der Waals surface area contributed by atoms with Gasteiger partial charge in [-0.25, -0.2) is 0 Å². The van der Waals surface area contributed by atoms with Crippen molar-refractivity contribution in [2.75, 3.05) is 6.61 Å². The second kappa shape index (κ2) is 5.16. The third kappa shape index (κ3) is 2.55. The van der Waals surface area contributed by atoms with Crippen LogP contribution in [-0.4, -0.2) is 18.4 Å². The van der Waals surface area contributed by atoms with Gasteiger partial charge in [0.25, 0.3) is 0 Å². The van der Waals surface area contributed by atoms with E-state index in [1.165, 1.54) is 5.56 Å². The number of hydrogen-bond donors (Lipinski definition) is 0. The Labute approximate surface area is 113 Å². The summed E-state index contributed by atoms with van der Waals surface area (Å²) in [6, 6.07) is 10.2. The molecule has 1 aromatic rings. The number of ketones is 1. The van der Waals surface area contributed by atoms with Crippen molar-refractivity contribution in [1.29, 1.82) is 0 Å². The van der Waals surface area contributed by atoms with Crippen molar-refractivity contribution in [3.8, 4) is 0 Å². The Balaban J connectivity index is 1.37. The molecule has 2 saturated carbocycles. The predicted octanol–water partition coefficient (Wildman–Crippen LogP) is 2.39. The Kier molecular flexibility index (Phi) is 3.36. The monoisotopic (exact) mass is 258 g/mol. The van der Waals surface area contributed by atoms with Gasteiger partial charge in [0.2, 0.25) is 0 Å². The molecule has 0 radical (unpaired) electrons. The summed E-state index contributed by atoms with van der Waals surface area (Å²) in [5.74, 6) is 0.293. The van der Waals surface area contributed by atoms with Crippen LogP contribution in [0.3, 0.4) is 0 Å². The van der Waals surface area contributed by atoms with Crippen LogP contribution >= 0.6 is 0 Å². The zero-order valence-corrected chi connectivity index (χ0v) is 10.9. The summed E-state index contributed by atoms with van der Waals surface area (Å²) in [4.78, 5) is 23.2. The van der Waals surface area contributed by atoms with Crippen LogP contribution in [0.4, 0.5) is 0 Å². The first-order chi connectivity index (χ1) is 9.27. The van der Waals surface area contributed by atoms with Crippen molar-refractivity contribution in [1.82, 2.24) is 0 Å². The second-order valence-corrected chi connectivity index (χ2v) is 5.48. The molecular weight excluding hydrogens is 240 g/mol. The van der Waals surface area contributed by atoms with E-state index in [1.807, 2.05) is 18.2 Å². The fraction of sp³-hybridized carbons (Fsp3) is 0.500. The molecule has 2 fully saturated rings. The largest absolute Gasteiger partial charge is 0.465 e. The summed E-state index contributed by atoms with van der Waals surface area (Å²) in [6.45, 7) is 0.456. The van der Waals surface area contributed by atoms with E-state index in [1.54, 1.807) is 0 Å². The van der Waals surface area contributed by atoms with Crippen molar-refractivity contribution in [2.45, 2.75) is 25.7 Å². The van der Waals surface area contributed by atoms with Gasteiger partial charge in [-0.15, -0.1) is 0 Å². The van der Waals surface area contributed by atoms with E-state index in [0.717, 1.165) is 19.3 Å². The van der Waals surface area contributed by atoms with Crippen molar-refractivity contribution >= 4 is 11.8 Å². The predicted molar refractivity (Wildman–Crippen MR) is 70.4 cm³/mol. The normalized spacial score (nSPS) is 28.0. The lowest BCUT2D eigenvalue weighted by Gasteiger charge is -2.06. The fourth-order valence-electron chi connectivity index (χ4n) is 3.16. The molecule has 19 heavy (non-hydrogen) atoms. The number of carbonyl (C=O) groups excluding carboxylic acids is 2. The lowest BCUT2D eigenvalue weighted by Crippen LogP contribution is -2.14. The Morgan fingerprint density at radius 2 is 2.05 bits per heavy atom. The molecule has 2 aliphatic carbocycles. The minimum absolute atomic E-state index is 0.00150. The molecular formula is C16H18O3. The highest BCUT2D eigenvalue weighted by Gasteiger charge is 2.62. The summed E-state index contributed by atoms with van der Waals surface area (Å²) >= 11 is 0. The van der Waals surface area contributed by atoms with Gasteiger partial charge in [0.15, 0.2) is 0 Å². The molecule has 3 nitrogen and oxygen atoms in total. The number of aryl methyl sites for hydroxylation is 1. The minimum atomic E-state index is -0.156. The Morgan fingerprint density at radius 3 is 2.74 bits per heavy atom. The fourth-order valence-corrected chi connectivity index (χ4v) is 3.16. The van der Waals surface area contributed by atoms with Crippen molar-refractivity contribution in [2.24, 2.45) is 17.8 Å². The molecule has 3 atom stereocenters. The van der Waals surface area contributed by atoms with Crippen molar-refractivity contribution in [3.05, 3.63) is 35.9 Å². The molecule has 0 spiro atoms. The zero-order valence-electron chi connectivity index (χ0n) is 10.9. The van der Waals surface area contributed by atoms with Crippen LogP contribution in [0.5, 0.6) is 0 Å². The molecule has 2 aliphatic rings. The topological polar surface area (TPSA) is 43.4 Å². The van der Waals surface area contributed by atoms with Crippen LogP contribution in [0, 0.1) is 17.8 Å². The molecule has 100 valence electrons. The van der Waals surface area contributed by atoms with Crippen LogP contribution in [0.25, 0.3) is 0 Å². The molecule has 0 saturated heterocycles. The van der Waals surface area contributed by atoms with Gasteiger partial charge < -0.3 is 4.74 Å². The highest BCUT2D eigenvalue weighted by atomic mass is 16.5. The molecule has 0 unspecified atom stereocenters. The lowest BCUT2D eigenvalue weighted by molar-refractivity contribution is -0.147. The number of hydrogen-bond acceptors (Lipinski definition) is 3. The van der Waals surface area contributed by atoms with Gasteiger partial charge >= 0.3 is 5.97 Å². The first kappa shape index (κ1) is 12.4. The number of benzene rings is 1. The third-order valence-electron chi connectivity index (χ3n) is 4.23. The van der Waals surface area contributed by atoms with Gasteiger partial charge in [0.1, 0.15) is 5.78 Å². The number of esters is 1. The van der Waals surface area contributed by atoms with E-state index in [2.05, 4.69) is 12.1 Å². The number of fused-ring (bicyclic) bond motifs is 1. The maximum Gasteiger partial charge on any atom is 0.309 e. The van der Waals surface area contributed by atoms with E-state index in [0.29, 0.717) is 18.9 Å². The molecule has 0 bridgehead atoms. The maximum absolute atomic E-state index is 11.8.